The van der Waals surface area contributed by atoms with E-state index in [0.29, 0.717) is 11.4 Å². The van der Waals surface area contributed by atoms with Crippen molar-refractivity contribution in [3.63, 3.8) is 0 Å². The highest BCUT2D eigenvalue weighted by Crippen LogP contribution is 2.37. The smallest absolute Gasteiger partial charge is 0.232 e. The van der Waals surface area contributed by atoms with Crippen LogP contribution >= 0.6 is 11.6 Å². The minimum absolute atomic E-state index is 0.0415. The summed E-state index contributed by atoms with van der Waals surface area (Å²) in [5.41, 5.74) is 4.13. The number of H-pyrrole nitrogens is 1. The van der Waals surface area contributed by atoms with Gasteiger partial charge in [-0.3, -0.25) is 4.79 Å². The fourth-order valence-corrected chi connectivity index (χ4v) is 3.22. The van der Waals surface area contributed by atoms with Crippen LogP contribution in [0.2, 0.25) is 5.02 Å². The van der Waals surface area contributed by atoms with Crippen molar-refractivity contribution in [2.24, 2.45) is 0 Å². The Hall–Kier alpha value is -2.26. The molecule has 1 unspecified atom stereocenters. The first-order valence-electron chi connectivity index (χ1n) is 6.87. The van der Waals surface area contributed by atoms with E-state index in [0.717, 1.165) is 16.8 Å². The second-order valence-corrected chi connectivity index (χ2v) is 5.77. The van der Waals surface area contributed by atoms with Gasteiger partial charge < -0.3 is 10.3 Å². The standard InChI is InChI=1S/C17H13ClN2O/c18-11-4-5-13-14(17(21)20-16(13)9-11)8-10-2-1-3-15-12(10)6-7-19-15/h1-7,9,14,19H,8H2,(H,20,21). The predicted octanol–water partition coefficient (Wildman–Crippen LogP) is 4.10. The molecule has 3 nitrogen and oxygen atoms in total. The number of benzene rings is 2. The lowest BCUT2D eigenvalue weighted by Gasteiger charge is -2.10. The van der Waals surface area contributed by atoms with E-state index in [1.165, 1.54) is 10.9 Å². The highest BCUT2D eigenvalue weighted by molar-refractivity contribution is 6.31. The van der Waals surface area contributed by atoms with Crippen molar-refractivity contribution in [2.45, 2.75) is 12.3 Å². The molecular weight excluding hydrogens is 284 g/mol. The molecule has 4 rings (SSSR count). The second-order valence-electron chi connectivity index (χ2n) is 5.33. The number of aromatic amines is 1. The van der Waals surface area contributed by atoms with Crippen molar-refractivity contribution in [1.82, 2.24) is 4.98 Å². The zero-order valence-corrected chi connectivity index (χ0v) is 11.9. The van der Waals surface area contributed by atoms with Crippen LogP contribution in [0.4, 0.5) is 5.69 Å². The number of fused-ring (bicyclic) bond motifs is 2. The number of carbonyl (C=O) groups is 1. The summed E-state index contributed by atoms with van der Waals surface area (Å²) in [4.78, 5) is 15.5. The van der Waals surface area contributed by atoms with Crippen molar-refractivity contribution >= 4 is 34.1 Å². The molecule has 2 aromatic carbocycles. The van der Waals surface area contributed by atoms with Gasteiger partial charge in [-0.15, -0.1) is 0 Å². The van der Waals surface area contributed by atoms with E-state index in [-0.39, 0.29) is 11.8 Å². The third-order valence-electron chi connectivity index (χ3n) is 4.07. The molecule has 1 atom stereocenters. The normalized spacial score (nSPS) is 17.0. The van der Waals surface area contributed by atoms with Gasteiger partial charge in [0, 0.05) is 27.8 Å². The van der Waals surface area contributed by atoms with Gasteiger partial charge in [-0.2, -0.15) is 0 Å². The minimum atomic E-state index is -0.155. The molecule has 104 valence electrons. The molecule has 0 aliphatic carbocycles. The maximum absolute atomic E-state index is 12.3. The average molecular weight is 297 g/mol. The number of amides is 1. The Morgan fingerprint density at radius 3 is 2.95 bits per heavy atom. The van der Waals surface area contributed by atoms with Crippen LogP contribution < -0.4 is 5.32 Å². The van der Waals surface area contributed by atoms with Crippen molar-refractivity contribution in [3.05, 3.63) is 64.8 Å². The van der Waals surface area contributed by atoms with Crippen molar-refractivity contribution in [1.29, 1.82) is 0 Å². The van der Waals surface area contributed by atoms with E-state index in [9.17, 15) is 4.79 Å². The monoisotopic (exact) mass is 296 g/mol. The quantitative estimate of drug-likeness (QED) is 0.735. The van der Waals surface area contributed by atoms with Gasteiger partial charge in [0.05, 0.1) is 5.92 Å². The highest BCUT2D eigenvalue weighted by Gasteiger charge is 2.30. The van der Waals surface area contributed by atoms with E-state index >= 15 is 0 Å². The van der Waals surface area contributed by atoms with Gasteiger partial charge in [-0.05, 0) is 41.8 Å². The summed E-state index contributed by atoms with van der Waals surface area (Å²) < 4.78 is 0. The lowest BCUT2D eigenvalue weighted by molar-refractivity contribution is -0.117. The van der Waals surface area contributed by atoms with Gasteiger partial charge in [0.15, 0.2) is 0 Å². The SMILES string of the molecule is O=C1Nc2cc(Cl)ccc2C1Cc1cccc2[nH]ccc12. The predicted molar refractivity (Wildman–Crippen MR) is 84.8 cm³/mol. The van der Waals surface area contributed by atoms with E-state index in [1.807, 2.05) is 36.5 Å². The van der Waals surface area contributed by atoms with Crippen LogP contribution in [0.5, 0.6) is 0 Å². The van der Waals surface area contributed by atoms with Crippen molar-refractivity contribution in [3.8, 4) is 0 Å². The number of nitrogens with one attached hydrogen (secondary N) is 2. The Morgan fingerprint density at radius 1 is 1.14 bits per heavy atom. The summed E-state index contributed by atoms with van der Waals surface area (Å²) in [6, 6.07) is 13.8. The zero-order chi connectivity index (χ0) is 14.4. The van der Waals surface area contributed by atoms with Gasteiger partial charge in [-0.1, -0.05) is 29.8 Å². The van der Waals surface area contributed by atoms with E-state index < -0.39 is 0 Å². The van der Waals surface area contributed by atoms with Crippen LogP contribution in [0.3, 0.4) is 0 Å². The van der Waals surface area contributed by atoms with Crippen LogP contribution in [0.25, 0.3) is 10.9 Å². The molecule has 0 spiro atoms. The fourth-order valence-electron chi connectivity index (χ4n) is 3.05. The zero-order valence-electron chi connectivity index (χ0n) is 11.2. The molecule has 4 heteroatoms. The lowest BCUT2D eigenvalue weighted by atomic mass is 9.92. The third-order valence-corrected chi connectivity index (χ3v) is 4.31. The molecular formula is C17H13ClN2O. The number of carbonyl (C=O) groups excluding carboxylic acids is 1. The number of aromatic nitrogens is 1. The molecule has 1 aromatic heterocycles. The van der Waals surface area contributed by atoms with Gasteiger partial charge in [0.25, 0.3) is 0 Å². The Bertz CT molecular complexity index is 853. The number of halogens is 1. The summed E-state index contributed by atoms with van der Waals surface area (Å²) in [5, 5.41) is 4.73. The van der Waals surface area contributed by atoms with Gasteiger partial charge in [0.2, 0.25) is 5.91 Å². The molecule has 0 radical (unpaired) electrons. The molecule has 3 aromatic rings. The third kappa shape index (κ3) is 2.01. The average Bonchev–Trinajstić information content (AvgIpc) is 3.04. The van der Waals surface area contributed by atoms with Crippen LogP contribution in [0.1, 0.15) is 17.0 Å². The molecule has 0 bridgehead atoms. The maximum atomic E-state index is 12.3. The molecule has 1 aliphatic rings. The van der Waals surface area contributed by atoms with Gasteiger partial charge in [-0.25, -0.2) is 0 Å². The molecule has 0 saturated carbocycles. The Labute approximate surface area is 126 Å². The molecule has 1 aliphatic heterocycles. The number of hydrogen-bond acceptors (Lipinski definition) is 1. The van der Waals surface area contributed by atoms with E-state index in [4.69, 9.17) is 11.6 Å². The summed E-state index contributed by atoms with van der Waals surface area (Å²) in [6.45, 7) is 0. The molecule has 0 fully saturated rings. The fraction of sp³-hybridized carbons (Fsp3) is 0.118. The first-order valence-corrected chi connectivity index (χ1v) is 7.25. The van der Waals surface area contributed by atoms with E-state index in [2.05, 4.69) is 22.4 Å². The highest BCUT2D eigenvalue weighted by atomic mass is 35.5. The molecule has 21 heavy (non-hydrogen) atoms. The first-order chi connectivity index (χ1) is 10.2. The minimum Gasteiger partial charge on any atom is -0.361 e. The Morgan fingerprint density at radius 2 is 2.05 bits per heavy atom. The van der Waals surface area contributed by atoms with Gasteiger partial charge >= 0.3 is 0 Å². The van der Waals surface area contributed by atoms with Crippen LogP contribution in [0.15, 0.2) is 48.7 Å². The van der Waals surface area contributed by atoms with Crippen LogP contribution in [-0.4, -0.2) is 10.9 Å². The number of rotatable bonds is 2. The largest absolute Gasteiger partial charge is 0.361 e. The summed E-state index contributed by atoms with van der Waals surface area (Å²) in [7, 11) is 0. The lowest BCUT2D eigenvalue weighted by Crippen LogP contribution is -2.14. The summed E-state index contributed by atoms with van der Waals surface area (Å²) >= 11 is 5.99. The maximum Gasteiger partial charge on any atom is 0.232 e. The van der Waals surface area contributed by atoms with Gasteiger partial charge in [0.1, 0.15) is 0 Å². The van der Waals surface area contributed by atoms with Crippen molar-refractivity contribution < 1.29 is 4.79 Å². The second kappa shape index (κ2) is 4.64. The number of hydrogen-bond donors (Lipinski definition) is 2. The summed E-state index contributed by atoms with van der Waals surface area (Å²) in [5.74, 6) is -0.113. The van der Waals surface area contributed by atoms with Crippen LogP contribution in [0, 0.1) is 0 Å². The van der Waals surface area contributed by atoms with Crippen LogP contribution in [-0.2, 0) is 11.2 Å². The first kappa shape index (κ1) is 12.5. The molecule has 0 saturated heterocycles. The molecule has 2 heterocycles. The molecule has 2 N–H and O–H groups in total. The Balaban J connectivity index is 1.75. The number of anilines is 1. The van der Waals surface area contributed by atoms with Crippen molar-refractivity contribution in [2.75, 3.05) is 5.32 Å². The summed E-state index contributed by atoms with van der Waals surface area (Å²) in [6.07, 6.45) is 2.62. The topological polar surface area (TPSA) is 44.9 Å². The Kier molecular flexibility index (Phi) is 2.76. The molecule has 1 amide bonds. The van der Waals surface area contributed by atoms with E-state index in [1.54, 1.807) is 0 Å².